The van der Waals surface area contributed by atoms with E-state index in [4.69, 9.17) is 11.6 Å². The summed E-state index contributed by atoms with van der Waals surface area (Å²) in [5.41, 5.74) is 2.70. The average molecular weight is 300 g/mol. The second-order valence-electron chi connectivity index (χ2n) is 4.97. The van der Waals surface area contributed by atoms with Gasteiger partial charge in [0, 0.05) is 17.1 Å². The fourth-order valence-electron chi connectivity index (χ4n) is 2.79. The van der Waals surface area contributed by atoms with Crippen molar-refractivity contribution in [3.8, 4) is 5.75 Å². The summed E-state index contributed by atoms with van der Waals surface area (Å²) in [5, 5.41) is 10.7. The van der Waals surface area contributed by atoms with Gasteiger partial charge in [-0.05, 0) is 35.4 Å². The molecule has 2 aromatic carbocycles. The van der Waals surface area contributed by atoms with E-state index in [0.717, 1.165) is 11.1 Å². The lowest BCUT2D eigenvalue weighted by Crippen LogP contribution is -2.28. The van der Waals surface area contributed by atoms with Crippen molar-refractivity contribution in [3.63, 3.8) is 0 Å². The number of carbonyl (C=O) groups excluding carboxylic acids is 1. The lowest BCUT2D eigenvalue weighted by molar-refractivity contribution is -0.127. The number of carbonyl (C=O) groups is 1. The summed E-state index contributed by atoms with van der Waals surface area (Å²) in [7, 11) is 0. The Morgan fingerprint density at radius 2 is 2.05 bits per heavy atom. The Morgan fingerprint density at radius 3 is 2.81 bits per heavy atom. The van der Waals surface area contributed by atoms with Crippen LogP contribution in [-0.4, -0.2) is 15.9 Å². The van der Waals surface area contributed by atoms with E-state index in [-0.39, 0.29) is 17.7 Å². The van der Waals surface area contributed by atoms with Crippen molar-refractivity contribution in [3.05, 3.63) is 76.8 Å². The van der Waals surface area contributed by atoms with Crippen LogP contribution in [0.15, 0.2) is 55.1 Å². The zero-order valence-electron chi connectivity index (χ0n) is 11.3. The zero-order valence-corrected chi connectivity index (χ0v) is 12.0. The average Bonchev–Trinajstić information content (AvgIpc) is 2.88. The van der Waals surface area contributed by atoms with Crippen molar-refractivity contribution in [1.82, 2.24) is 4.90 Å². The van der Waals surface area contributed by atoms with Gasteiger partial charge in [-0.25, -0.2) is 0 Å². The number of amides is 1. The van der Waals surface area contributed by atoms with Crippen LogP contribution in [0.25, 0.3) is 0 Å². The third-order valence-corrected chi connectivity index (χ3v) is 3.98. The van der Waals surface area contributed by atoms with Crippen LogP contribution < -0.4 is 0 Å². The van der Waals surface area contributed by atoms with E-state index in [1.165, 1.54) is 6.08 Å². The Labute approximate surface area is 128 Å². The maximum absolute atomic E-state index is 12.2. The number of phenolic OH excluding ortho intramolecular Hbond substituents is 1. The first-order valence-corrected chi connectivity index (χ1v) is 6.99. The molecule has 2 aromatic rings. The van der Waals surface area contributed by atoms with E-state index < -0.39 is 0 Å². The largest absolute Gasteiger partial charge is 0.508 e. The van der Waals surface area contributed by atoms with Gasteiger partial charge in [0.05, 0.1) is 6.04 Å². The van der Waals surface area contributed by atoms with Gasteiger partial charge in [0.15, 0.2) is 0 Å². The molecule has 1 N–H and O–H groups in total. The first kappa shape index (κ1) is 13.7. The summed E-state index contributed by atoms with van der Waals surface area (Å²) in [6, 6.07) is 12.4. The van der Waals surface area contributed by atoms with Crippen LogP contribution in [0.5, 0.6) is 5.75 Å². The molecule has 0 bridgehead atoms. The molecule has 1 aliphatic rings. The highest BCUT2D eigenvalue weighted by atomic mass is 35.5. The Morgan fingerprint density at radius 1 is 1.29 bits per heavy atom. The maximum Gasteiger partial charge on any atom is 0.247 e. The Kier molecular flexibility index (Phi) is 3.43. The van der Waals surface area contributed by atoms with E-state index in [2.05, 4.69) is 6.58 Å². The van der Waals surface area contributed by atoms with Crippen LogP contribution >= 0.6 is 11.6 Å². The summed E-state index contributed by atoms with van der Waals surface area (Å²) in [6.07, 6.45) is 1.29. The molecular formula is C17H14ClNO2. The van der Waals surface area contributed by atoms with Crippen molar-refractivity contribution in [2.24, 2.45) is 0 Å². The molecule has 21 heavy (non-hydrogen) atoms. The third-order valence-electron chi connectivity index (χ3n) is 3.74. The van der Waals surface area contributed by atoms with E-state index in [9.17, 15) is 9.90 Å². The number of fused-ring (bicyclic) bond motifs is 1. The fraction of sp³-hybridized carbons (Fsp3) is 0.118. The molecule has 0 aliphatic carbocycles. The standard InChI is InChI=1S/C17H14ClNO2/c1-2-16(21)19-10-11-5-3-4-6-13(11)17(19)14-9-12(18)7-8-15(14)20/h2-9,17,20H,1,10H2. The van der Waals surface area contributed by atoms with Crippen LogP contribution in [0.2, 0.25) is 5.02 Å². The van der Waals surface area contributed by atoms with Crippen LogP contribution in [0.3, 0.4) is 0 Å². The van der Waals surface area contributed by atoms with Gasteiger partial charge in [-0.3, -0.25) is 4.79 Å². The van der Waals surface area contributed by atoms with Crippen LogP contribution in [0, 0.1) is 0 Å². The quantitative estimate of drug-likeness (QED) is 0.860. The molecule has 106 valence electrons. The lowest BCUT2D eigenvalue weighted by Gasteiger charge is -2.25. The molecule has 4 heteroatoms. The number of halogens is 1. The number of hydrogen-bond acceptors (Lipinski definition) is 2. The van der Waals surface area contributed by atoms with Crippen molar-refractivity contribution >= 4 is 17.5 Å². The summed E-state index contributed by atoms with van der Waals surface area (Å²) in [4.78, 5) is 13.8. The third kappa shape index (κ3) is 2.30. The Balaban J connectivity index is 2.17. The molecule has 0 spiro atoms. The molecule has 1 aliphatic heterocycles. The van der Waals surface area contributed by atoms with E-state index in [1.807, 2.05) is 24.3 Å². The molecular weight excluding hydrogens is 286 g/mol. The molecule has 0 fully saturated rings. The molecule has 3 rings (SSSR count). The van der Waals surface area contributed by atoms with Gasteiger partial charge in [0.1, 0.15) is 5.75 Å². The van der Waals surface area contributed by atoms with Gasteiger partial charge in [0.2, 0.25) is 5.91 Å². The fourth-order valence-corrected chi connectivity index (χ4v) is 2.97. The molecule has 1 heterocycles. The first-order chi connectivity index (χ1) is 10.1. The van der Waals surface area contributed by atoms with Gasteiger partial charge in [-0.1, -0.05) is 42.4 Å². The van der Waals surface area contributed by atoms with Crippen LogP contribution in [-0.2, 0) is 11.3 Å². The molecule has 1 amide bonds. The minimum absolute atomic E-state index is 0.128. The second-order valence-corrected chi connectivity index (χ2v) is 5.41. The summed E-state index contributed by atoms with van der Waals surface area (Å²) in [6.45, 7) is 4.05. The predicted molar refractivity (Wildman–Crippen MR) is 82.1 cm³/mol. The predicted octanol–water partition coefficient (Wildman–Crippen LogP) is 3.66. The summed E-state index contributed by atoms with van der Waals surface area (Å²) < 4.78 is 0. The van der Waals surface area contributed by atoms with Gasteiger partial charge < -0.3 is 10.0 Å². The molecule has 0 aromatic heterocycles. The maximum atomic E-state index is 12.2. The highest BCUT2D eigenvalue weighted by molar-refractivity contribution is 6.30. The molecule has 3 nitrogen and oxygen atoms in total. The highest BCUT2D eigenvalue weighted by Gasteiger charge is 2.34. The van der Waals surface area contributed by atoms with E-state index >= 15 is 0 Å². The number of hydrogen-bond donors (Lipinski definition) is 1. The summed E-state index contributed by atoms with van der Waals surface area (Å²) >= 11 is 6.05. The molecule has 0 saturated heterocycles. The second kappa shape index (κ2) is 5.26. The van der Waals surface area contributed by atoms with Crippen molar-refractivity contribution in [2.75, 3.05) is 0 Å². The van der Waals surface area contributed by atoms with Gasteiger partial charge >= 0.3 is 0 Å². The molecule has 1 atom stereocenters. The molecule has 1 unspecified atom stereocenters. The first-order valence-electron chi connectivity index (χ1n) is 6.61. The SMILES string of the molecule is C=CC(=O)N1Cc2ccccc2C1c1cc(Cl)ccc1O. The van der Waals surface area contributed by atoms with E-state index in [0.29, 0.717) is 17.1 Å². The van der Waals surface area contributed by atoms with E-state index in [1.54, 1.807) is 23.1 Å². The van der Waals surface area contributed by atoms with Gasteiger partial charge in [-0.2, -0.15) is 0 Å². The highest BCUT2D eigenvalue weighted by Crippen LogP contribution is 2.42. The minimum Gasteiger partial charge on any atom is -0.508 e. The number of rotatable bonds is 2. The normalized spacial score (nSPS) is 16.6. The number of phenols is 1. The van der Waals surface area contributed by atoms with Crippen LogP contribution in [0.4, 0.5) is 0 Å². The number of aromatic hydroxyl groups is 1. The topological polar surface area (TPSA) is 40.5 Å². The van der Waals surface area contributed by atoms with Crippen LogP contribution in [0.1, 0.15) is 22.7 Å². The Hall–Kier alpha value is -2.26. The monoisotopic (exact) mass is 299 g/mol. The lowest BCUT2D eigenvalue weighted by atomic mass is 9.97. The van der Waals surface area contributed by atoms with Crippen molar-refractivity contribution in [1.29, 1.82) is 0 Å². The van der Waals surface area contributed by atoms with Crippen molar-refractivity contribution < 1.29 is 9.90 Å². The Bertz CT molecular complexity index is 726. The zero-order chi connectivity index (χ0) is 15.0. The summed E-state index contributed by atoms with van der Waals surface area (Å²) in [5.74, 6) is -0.0430. The number of benzene rings is 2. The molecule has 0 saturated carbocycles. The van der Waals surface area contributed by atoms with Gasteiger partial charge in [0.25, 0.3) is 0 Å². The number of nitrogens with zero attached hydrogens (tertiary/aromatic N) is 1. The smallest absolute Gasteiger partial charge is 0.247 e. The van der Waals surface area contributed by atoms with Gasteiger partial charge in [-0.15, -0.1) is 0 Å². The van der Waals surface area contributed by atoms with Crippen molar-refractivity contribution in [2.45, 2.75) is 12.6 Å². The minimum atomic E-state index is -0.342. The molecule has 0 radical (unpaired) electrons.